The normalized spacial score (nSPS) is 10.8. The molecule has 2 aromatic heterocycles. The molecule has 0 bridgehead atoms. The lowest BCUT2D eigenvalue weighted by Gasteiger charge is -2.22. The van der Waals surface area contributed by atoms with Crippen LogP contribution >= 0.6 is 0 Å². The Morgan fingerprint density at radius 1 is 1.29 bits per heavy atom. The van der Waals surface area contributed by atoms with Crippen LogP contribution in [0.2, 0.25) is 0 Å². The molecule has 0 aliphatic heterocycles. The van der Waals surface area contributed by atoms with Crippen molar-refractivity contribution in [1.82, 2.24) is 10.3 Å². The standard InChI is InChI=1S/C17H25N3O/c1-4-7-15-10-14(12-18-3)11-17(19-15)20(5-2)13-16-8-6-9-21-16/h6,8-11,18H,4-5,7,12-13H2,1-3H3. The van der Waals surface area contributed by atoms with E-state index in [0.29, 0.717) is 0 Å². The van der Waals surface area contributed by atoms with E-state index in [4.69, 9.17) is 9.40 Å². The molecule has 0 aliphatic carbocycles. The van der Waals surface area contributed by atoms with Crippen LogP contribution in [0.15, 0.2) is 34.9 Å². The Morgan fingerprint density at radius 3 is 2.76 bits per heavy atom. The minimum absolute atomic E-state index is 0.755. The second-order valence-electron chi connectivity index (χ2n) is 5.20. The lowest BCUT2D eigenvalue weighted by atomic mass is 10.1. The largest absolute Gasteiger partial charge is 0.467 e. The highest BCUT2D eigenvalue weighted by molar-refractivity contribution is 5.43. The first-order chi connectivity index (χ1) is 10.3. The molecule has 0 aliphatic rings. The van der Waals surface area contributed by atoms with Gasteiger partial charge in [0.25, 0.3) is 0 Å². The molecular weight excluding hydrogens is 262 g/mol. The summed E-state index contributed by atoms with van der Waals surface area (Å²) in [6.45, 7) is 6.86. The number of anilines is 1. The number of pyridine rings is 1. The molecule has 0 unspecified atom stereocenters. The lowest BCUT2D eigenvalue weighted by molar-refractivity contribution is 0.502. The smallest absolute Gasteiger partial charge is 0.129 e. The molecule has 21 heavy (non-hydrogen) atoms. The predicted molar refractivity (Wildman–Crippen MR) is 86.4 cm³/mol. The first-order valence-electron chi connectivity index (χ1n) is 7.68. The molecule has 4 heteroatoms. The molecule has 0 saturated heterocycles. The monoisotopic (exact) mass is 287 g/mol. The molecule has 2 rings (SSSR count). The van der Waals surface area contributed by atoms with Gasteiger partial charge in [-0.1, -0.05) is 13.3 Å². The van der Waals surface area contributed by atoms with Crippen LogP contribution in [0.25, 0.3) is 0 Å². The fourth-order valence-electron chi connectivity index (χ4n) is 2.43. The summed E-state index contributed by atoms with van der Waals surface area (Å²) in [5.41, 5.74) is 2.45. The van der Waals surface area contributed by atoms with E-state index >= 15 is 0 Å². The van der Waals surface area contributed by atoms with E-state index in [-0.39, 0.29) is 0 Å². The zero-order valence-electron chi connectivity index (χ0n) is 13.2. The highest BCUT2D eigenvalue weighted by Crippen LogP contribution is 2.19. The molecule has 0 atom stereocenters. The second-order valence-corrected chi connectivity index (χ2v) is 5.20. The van der Waals surface area contributed by atoms with Crippen molar-refractivity contribution < 1.29 is 4.42 Å². The molecule has 2 heterocycles. The molecular formula is C17H25N3O. The SMILES string of the molecule is CCCc1cc(CNC)cc(N(CC)Cc2ccco2)n1. The van der Waals surface area contributed by atoms with E-state index in [9.17, 15) is 0 Å². The first-order valence-corrected chi connectivity index (χ1v) is 7.68. The number of hydrogen-bond donors (Lipinski definition) is 1. The van der Waals surface area contributed by atoms with Crippen LogP contribution in [0.3, 0.4) is 0 Å². The number of furan rings is 1. The number of rotatable bonds is 8. The molecule has 0 aromatic carbocycles. The van der Waals surface area contributed by atoms with Gasteiger partial charge in [-0.05, 0) is 50.2 Å². The quantitative estimate of drug-likeness (QED) is 0.808. The Morgan fingerprint density at radius 2 is 2.14 bits per heavy atom. The second kappa shape index (κ2) is 7.84. The third-order valence-electron chi connectivity index (χ3n) is 3.44. The Kier molecular flexibility index (Phi) is 5.81. The van der Waals surface area contributed by atoms with Crippen LogP contribution in [-0.2, 0) is 19.5 Å². The Bertz CT molecular complexity index is 513. The van der Waals surface area contributed by atoms with Crippen LogP contribution in [-0.4, -0.2) is 18.6 Å². The first kappa shape index (κ1) is 15.6. The van der Waals surface area contributed by atoms with Crippen LogP contribution in [0.5, 0.6) is 0 Å². The summed E-state index contributed by atoms with van der Waals surface area (Å²) in [6, 6.07) is 8.30. The van der Waals surface area contributed by atoms with Gasteiger partial charge in [0.05, 0.1) is 12.8 Å². The summed E-state index contributed by atoms with van der Waals surface area (Å²) in [7, 11) is 1.97. The molecule has 1 N–H and O–H groups in total. The fourth-order valence-corrected chi connectivity index (χ4v) is 2.43. The van der Waals surface area contributed by atoms with Crippen molar-refractivity contribution in [2.24, 2.45) is 0 Å². The summed E-state index contributed by atoms with van der Waals surface area (Å²) in [5.74, 6) is 2.00. The molecule has 0 fully saturated rings. The molecule has 0 saturated carbocycles. The van der Waals surface area contributed by atoms with Crippen molar-refractivity contribution in [3.8, 4) is 0 Å². The average Bonchev–Trinajstić information content (AvgIpc) is 2.98. The highest BCUT2D eigenvalue weighted by atomic mass is 16.3. The summed E-state index contributed by atoms with van der Waals surface area (Å²) in [4.78, 5) is 7.06. The van der Waals surface area contributed by atoms with Crippen LogP contribution in [0.1, 0.15) is 37.3 Å². The van der Waals surface area contributed by atoms with Gasteiger partial charge >= 0.3 is 0 Å². The van der Waals surface area contributed by atoms with E-state index < -0.39 is 0 Å². The Hall–Kier alpha value is -1.81. The van der Waals surface area contributed by atoms with E-state index in [2.05, 4.69) is 36.2 Å². The van der Waals surface area contributed by atoms with E-state index in [1.54, 1.807) is 6.26 Å². The molecule has 4 nitrogen and oxygen atoms in total. The van der Waals surface area contributed by atoms with E-state index in [1.807, 2.05) is 19.2 Å². The number of hydrogen-bond acceptors (Lipinski definition) is 4. The molecule has 2 aromatic rings. The zero-order valence-corrected chi connectivity index (χ0v) is 13.2. The van der Waals surface area contributed by atoms with Crippen molar-refractivity contribution in [2.75, 3.05) is 18.5 Å². The lowest BCUT2D eigenvalue weighted by Crippen LogP contribution is -2.23. The number of aryl methyl sites for hydroxylation is 1. The summed E-state index contributed by atoms with van der Waals surface area (Å²) < 4.78 is 5.46. The summed E-state index contributed by atoms with van der Waals surface area (Å²) in [5, 5.41) is 3.22. The molecule has 114 valence electrons. The topological polar surface area (TPSA) is 41.3 Å². The molecule has 0 spiro atoms. The average molecular weight is 287 g/mol. The van der Waals surface area contributed by atoms with Crippen LogP contribution in [0, 0.1) is 0 Å². The summed E-state index contributed by atoms with van der Waals surface area (Å²) >= 11 is 0. The van der Waals surface area contributed by atoms with Gasteiger partial charge in [0.1, 0.15) is 11.6 Å². The van der Waals surface area contributed by atoms with Gasteiger partial charge < -0.3 is 14.6 Å². The van der Waals surface area contributed by atoms with Crippen LogP contribution < -0.4 is 10.2 Å². The van der Waals surface area contributed by atoms with Crippen LogP contribution in [0.4, 0.5) is 5.82 Å². The van der Waals surface area contributed by atoms with Gasteiger partial charge in [-0.2, -0.15) is 0 Å². The van der Waals surface area contributed by atoms with Crippen molar-refractivity contribution in [1.29, 1.82) is 0 Å². The van der Waals surface area contributed by atoms with Crippen molar-refractivity contribution in [3.63, 3.8) is 0 Å². The zero-order chi connectivity index (χ0) is 15.1. The maximum atomic E-state index is 5.46. The van der Waals surface area contributed by atoms with Crippen molar-refractivity contribution in [2.45, 2.75) is 39.8 Å². The minimum atomic E-state index is 0.755. The van der Waals surface area contributed by atoms with E-state index in [1.165, 1.54) is 5.56 Å². The summed E-state index contributed by atoms with van der Waals surface area (Å²) in [6.07, 6.45) is 3.85. The van der Waals surface area contributed by atoms with Crippen molar-refractivity contribution in [3.05, 3.63) is 47.5 Å². The number of nitrogens with zero attached hydrogens (tertiary/aromatic N) is 2. The highest BCUT2D eigenvalue weighted by Gasteiger charge is 2.11. The minimum Gasteiger partial charge on any atom is -0.467 e. The third-order valence-corrected chi connectivity index (χ3v) is 3.44. The fraction of sp³-hybridized carbons (Fsp3) is 0.471. The van der Waals surface area contributed by atoms with Gasteiger partial charge in [-0.3, -0.25) is 0 Å². The number of nitrogens with one attached hydrogen (secondary N) is 1. The van der Waals surface area contributed by atoms with Crippen molar-refractivity contribution >= 4 is 5.82 Å². The number of aromatic nitrogens is 1. The van der Waals surface area contributed by atoms with E-state index in [0.717, 1.165) is 49.7 Å². The van der Waals surface area contributed by atoms with Gasteiger partial charge in [-0.15, -0.1) is 0 Å². The van der Waals surface area contributed by atoms with Gasteiger partial charge in [-0.25, -0.2) is 4.98 Å². The van der Waals surface area contributed by atoms with Gasteiger partial charge in [0.2, 0.25) is 0 Å². The third kappa shape index (κ3) is 4.33. The maximum absolute atomic E-state index is 5.46. The Balaban J connectivity index is 2.25. The Labute approximate surface area is 127 Å². The maximum Gasteiger partial charge on any atom is 0.129 e. The molecule has 0 amide bonds. The van der Waals surface area contributed by atoms with Gasteiger partial charge in [0, 0.05) is 18.8 Å². The van der Waals surface area contributed by atoms with Gasteiger partial charge in [0.15, 0.2) is 0 Å². The predicted octanol–water partition coefficient (Wildman–Crippen LogP) is 3.37. The molecule has 0 radical (unpaired) electrons.